The molecule has 0 saturated heterocycles. The summed E-state index contributed by atoms with van der Waals surface area (Å²) in [6.45, 7) is 1.09. The minimum atomic E-state index is 0.247. The molecule has 1 aliphatic rings. The molecule has 0 fully saturated rings. The minimum Gasteiger partial charge on any atom is -0.399 e. The molecule has 0 bridgehead atoms. The van der Waals surface area contributed by atoms with Gasteiger partial charge in [0, 0.05) is 30.4 Å². The highest BCUT2D eigenvalue weighted by Crippen LogP contribution is 2.26. The quantitative estimate of drug-likeness (QED) is 0.559. The van der Waals surface area contributed by atoms with Gasteiger partial charge in [-0.3, -0.25) is 0 Å². The van der Waals surface area contributed by atoms with Crippen LogP contribution in [-0.4, -0.2) is 18.3 Å². The SMILES string of the molecule is Nc1ccc2c(c1)NCC(CO)C2. The zero-order valence-electron chi connectivity index (χ0n) is 7.46. The van der Waals surface area contributed by atoms with Gasteiger partial charge in [-0.1, -0.05) is 6.07 Å². The number of benzene rings is 1. The van der Waals surface area contributed by atoms with E-state index in [1.165, 1.54) is 5.56 Å². The topological polar surface area (TPSA) is 58.3 Å². The van der Waals surface area contributed by atoms with Gasteiger partial charge in [0.1, 0.15) is 0 Å². The van der Waals surface area contributed by atoms with Crippen molar-refractivity contribution in [1.82, 2.24) is 0 Å². The highest BCUT2D eigenvalue weighted by atomic mass is 16.3. The van der Waals surface area contributed by atoms with Gasteiger partial charge < -0.3 is 16.2 Å². The summed E-state index contributed by atoms with van der Waals surface area (Å²) in [6.07, 6.45) is 0.944. The van der Waals surface area contributed by atoms with E-state index < -0.39 is 0 Å². The Morgan fingerprint density at radius 1 is 1.54 bits per heavy atom. The lowest BCUT2D eigenvalue weighted by atomic mass is 9.94. The molecule has 0 aromatic heterocycles. The predicted molar refractivity (Wildman–Crippen MR) is 53.6 cm³/mol. The predicted octanol–water partition coefficient (Wildman–Crippen LogP) is 0.845. The zero-order chi connectivity index (χ0) is 9.26. The molecule has 0 aliphatic carbocycles. The molecular weight excluding hydrogens is 164 g/mol. The van der Waals surface area contributed by atoms with E-state index in [1.807, 2.05) is 18.2 Å². The molecule has 0 amide bonds. The Morgan fingerprint density at radius 3 is 3.15 bits per heavy atom. The molecule has 0 spiro atoms. The van der Waals surface area contributed by atoms with Crippen LogP contribution in [0.1, 0.15) is 5.56 Å². The number of aliphatic hydroxyl groups excluding tert-OH is 1. The second-order valence-corrected chi connectivity index (χ2v) is 3.55. The van der Waals surface area contributed by atoms with E-state index in [4.69, 9.17) is 10.8 Å². The first kappa shape index (κ1) is 8.38. The van der Waals surface area contributed by atoms with Gasteiger partial charge in [0.15, 0.2) is 0 Å². The molecular formula is C10H14N2O. The van der Waals surface area contributed by atoms with Crippen LogP contribution in [0.15, 0.2) is 18.2 Å². The van der Waals surface area contributed by atoms with Gasteiger partial charge in [0.05, 0.1) is 0 Å². The maximum absolute atomic E-state index is 9.01. The van der Waals surface area contributed by atoms with Crippen molar-refractivity contribution in [2.24, 2.45) is 5.92 Å². The third-order valence-corrected chi connectivity index (χ3v) is 2.48. The fraction of sp³-hybridized carbons (Fsp3) is 0.400. The Balaban J connectivity index is 2.26. The van der Waals surface area contributed by atoms with Crippen molar-refractivity contribution in [3.63, 3.8) is 0 Å². The number of nitrogens with one attached hydrogen (secondary N) is 1. The number of rotatable bonds is 1. The van der Waals surface area contributed by atoms with E-state index in [0.29, 0.717) is 5.92 Å². The lowest BCUT2D eigenvalue weighted by molar-refractivity contribution is 0.230. The molecule has 1 aliphatic heterocycles. The van der Waals surface area contributed by atoms with Crippen molar-refractivity contribution in [2.45, 2.75) is 6.42 Å². The molecule has 0 saturated carbocycles. The van der Waals surface area contributed by atoms with Gasteiger partial charge in [-0.05, 0) is 24.1 Å². The average molecular weight is 178 g/mol. The Bertz CT molecular complexity index is 312. The Labute approximate surface area is 77.6 Å². The van der Waals surface area contributed by atoms with Crippen molar-refractivity contribution in [2.75, 3.05) is 24.2 Å². The van der Waals surface area contributed by atoms with Gasteiger partial charge in [0.25, 0.3) is 0 Å². The lowest BCUT2D eigenvalue weighted by Gasteiger charge is -2.24. The first-order valence-electron chi connectivity index (χ1n) is 4.52. The van der Waals surface area contributed by atoms with Crippen LogP contribution < -0.4 is 11.1 Å². The second-order valence-electron chi connectivity index (χ2n) is 3.55. The summed E-state index contributed by atoms with van der Waals surface area (Å²) >= 11 is 0. The first-order chi connectivity index (χ1) is 6.29. The van der Waals surface area contributed by atoms with Gasteiger partial charge in [-0.2, -0.15) is 0 Å². The molecule has 13 heavy (non-hydrogen) atoms. The van der Waals surface area contributed by atoms with Crippen molar-refractivity contribution >= 4 is 11.4 Å². The number of hydrogen-bond acceptors (Lipinski definition) is 3. The molecule has 2 rings (SSSR count). The summed E-state index contributed by atoms with van der Waals surface area (Å²) in [5, 5.41) is 12.3. The van der Waals surface area contributed by atoms with Crippen LogP contribution in [0.3, 0.4) is 0 Å². The Kier molecular flexibility index (Phi) is 2.10. The van der Waals surface area contributed by atoms with Gasteiger partial charge >= 0.3 is 0 Å². The number of anilines is 2. The molecule has 3 nitrogen and oxygen atoms in total. The number of aliphatic hydroxyl groups is 1. The van der Waals surface area contributed by atoms with Crippen molar-refractivity contribution < 1.29 is 5.11 Å². The number of nitrogen functional groups attached to an aromatic ring is 1. The largest absolute Gasteiger partial charge is 0.399 e. The lowest BCUT2D eigenvalue weighted by Crippen LogP contribution is -2.25. The summed E-state index contributed by atoms with van der Waals surface area (Å²) in [5.74, 6) is 0.344. The van der Waals surface area contributed by atoms with Crippen LogP contribution in [0.5, 0.6) is 0 Å². The van der Waals surface area contributed by atoms with Crippen molar-refractivity contribution in [3.8, 4) is 0 Å². The molecule has 1 atom stereocenters. The third kappa shape index (κ3) is 1.60. The van der Waals surface area contributed by atoms with Gasteiger partial charge in [0.2, 0.25) is 0 Å². The molecule has 3 heteroatoms. The maximum atomic E-state index is 9.01. The van der Waals surface area contributed by atoms with E-state index in [-0.39, 0.29) is 6.61 Å². The maximum Gasteiger partial charge on any atom is 0.0479 e. The molecule has 0 radical (unpaired) electrons. The minimum absolute atomic E-state index is 0.247. The first-order valence-corrected chi connectivity index (χ1v) is 4.52. The van der Waals surface area contributed by atoms with Crippen LogP contribution in [0.4, 0.5) is 11.4 Å². The molecule has 1 heterocycles. The van der Waals surface area contributed by atoms with Crippen LogP contribution in [-0.2, 0) is 6.42 Å². The van der Waals surface area contributed by atoms with E-state index in [2.05, 4.69) is 5.32 Å². The molecule has 70 valence electrons. The van der Waals surface area contributed by atoms with E-state index >= 15 is 0 Å². The van der Waals surface area contributed by atoms with Gasteiger partial charge in [-0.25, -0.2) is 0 Å². The molecule has 1 aromatic carbocycles. The zero-order valence-corrected chi connectivity index (χ0v) is 7.46. The van der Waals surface area contributed by atoms with Crippen molar-refractivity contribution in [1.29, 1.82) is 0 Å². The fourth-order valence-electron chi connectivity index (χ4n) is 1.70. The van der Waals surface area contributed by atoms with Crippen LogP contribution in [0.25, 0.3) is 0 Å². The van der Waals surface area contributed by atoms with E-state index in [1.54, 1.807) is 0 Å². The van der Waals surface area contributed by atoms with Crippen LogP contribution in [0.2, 0.25) is 0 Å². The number of hydrogen-bond donors (Lipinski definition) is 3. The Morgan fingerprint density at radius 2 is 2.38 bits per heavy atom. The summed E-state index contributed by atoms with van der Waals surface area (Å²) in [4.78, 5) is 0. The summed E-state index contributed by atoms with van der Waals surface area (Å²) in [6, 6.07) is 5.88. The summed E-state index contributed by atoms with van der Waals surface area (Å²) in [5.41, 5.74) is 8.81. The monoisotopic (exact) mass is 178 g/mol. The number of fused-ring (bicyclic) bond motifs is 1. The highest BCUT2D eigenvalue weighted by Gasteiger charge is 2.16. The number of nitrogens with two attached hydrogens (primary N) is 1. The highest BCUT2D eigenvalue weighted by molar-refractivity contribution is 5.60. The van der Waals surface area contributed by atoms with Crippen molar-refractivity contribution in [3.05, 3.63) is 23.8 Å². The fourth-order valence-corrected chi connectivity index (χ4v) is 1.70. The molecule has 1 aromatic rings. The summed E-state index contributed by atoms with van der Waals surface area (Å²) < 4.78 is 0. The molecule has 4 N–H and O–H groups in total. The van der Waals surface area contributed by atoms with E-state index in [0.717, 1.165) is 24.3 Å². The smallest absolute Gasteiger partial charge is 0.0479 e. The Hall–Kier alpha value is -1.22. The normalized spacial score (nSPS) is 20.5. The standard InChI is InChI=1S/C10H14N2O/c11-9-2-1-8-3-7(6-13)5-12-10(8)4-9/h1-2,4,7,12-13H,3,5-6,11H2. The second kappa shape index (κ2) is 3.26. The van der Waals surface area contributed by atoms with Crippen LogP contribution >= 0.6 is 0 Å². The van der Waals surface area contributed by atoms with Gasteiger partial charge in [-0.15, -0.1) is 0 Å². The van der Waals surface area contributed by atoms with Crippen LogP contribution in [0, 0.1) is 5.92 Å². The van der Waals surface area contributed by atoms with E-state index in [9.17, 15) is 0 Å². The summed E-state index contributed by atoms with van der Waals surface area (Å²) in [7, 11) is 0. The third-order valence-electron chi connectivity index (χ3n) is 2.48. The molecule has 1 unspecified atom stereocenters. The average Bonchev–Trinajstić information content (AvgIpc) is 2.17.